The summed E-state index contributed by atoms with van der Waals surface area (Å²) in [6.07, 6.45) is -10.9. The molecule has 0 aliphatic heterocycles. The van der Waals surface area contributed by atoms with Gasteiger partial charge in [-0.05, 0) is 6.42 Å². The molecule has 1 nitrogen and oxygen atoms in total. The van der Waals surface area contributed by atoms with Crippen LogP contribution in [0.15, 0.2) is 12.2 Å². The highest BCUT2D eigenvalue weighted by molar-refractivity contribution is 9.09. The predicted octanol–water partition coefficient (Wildman–Crippen LogP) is 3.57. The van der Waals surface area contributed by atoms with Crippen LogP contribution < -0.4 is 0 Å². The lowest BCUT2D eigenvalue weighted by molar-refractivity contribution is -0.366. The molecule has 1 N–H and O–H groups in total. The van der Waals surface area contributed by atoms with Gasteiger partial charge in [0.25, 0.3) is 5.60 Å². The Morgan fingerprint density at radius 2 is 1.38 bits per heavy atom. The summed E-state index contributed by atoms with van der Waals surface area (Å²) in [5.74, 6) is 0. The van der Waals surface area contributed by atoms with Crippen LogP contribution in [0.5, 0.6) is 0 Å². The molecule has 0 aromatic carbocycles. The van der Waals surface area contributed by atoms with E-state index in [0.29, 0.717) is 11.4 Å². The van der Waals surface area contributed by atoms with Crippen molar-refractivity contribution in [3.8, 4) is 0 Å². The zero-order valence-electron chi connectivity index (χ0n) is 7.87. The second-order valence-corrected chi connectivity index (χ2v) is 3.80. The largest absolute Gasteiger partial charge is 0.426 e. The fourth-order valence-electron chi connectivity index (χ4n) is 0.827. The van der Waals surface area contributed by atoms with Crippen molar-refractivity contribution in [1.29, 1.82) is 0 Å². The van der Waals surface area contributed by atoms with Gasteiger partial charge < -0.3 is 5.11 Å². The second kappa shape index (κ2) is 5.39. The lowest BCUT2D eigenvalue weighted by Crippen LogP contribution is -2.56. The SMILES string of the molecule is OC(C/C=C/CCBr)(C(F)(F)F)C(F)(F)F. The quantitative estimate of drug-likeness (QED) is 0.478. The van der Waals surface area contributed by atoms with Crippen LogP contribution in [0.4, 0.5) is 26.3 Å². The summed E-state index contributed by atoms with van der Waals surface area (Å²) in [6, 6.07) is 0. The molecule has 0 spiro atoms. The zero-order chi connectivity index (χ0) is 13.0. The van der Waals surface area contributed by atoms with Crippen LogP contribution in [0.3, 0.4) is 0 Å². The number of alkyl halides is 7. The number of hydrogen-bond acceptors (Lipinski definition) is 1. The van der Waals surface area contributed by atoms with Crippen LogP contribution in [-0.2, 0) is 0 Å². The molecule has 0 bridgehead atoms. The molecular weight excluding hydrogens is 306 g/mol. The van der Waals surface area contributed by atoms with Gasteiger partial charge in [-0.1, -0.05) is 28.1 Å². The maximum atomic E-state index is 12.1. The van der Waals surface area contributed by atoms with E-state index in [9.17, 15) is 26.3 Å². The molecule has 0 aliphatic carbocycles. The number of halogens is 7. The molecule has 0 radical (unpaired) electrons. The molecule has 0 rings (SSSR count). The maximum Gasteiger partial charge on any atom is 0.426 e. The van der Waals surface area contributed by atoms with E-state index in [1.807, 2.05) is 0 Å². The predicted molar refractivity (Wildman–Crippen MR) is 49.2 cm³/mol. The summed E-state index contributed by atoms with van der Waals surface area (Å²) in [5, 5.41) is 9.09. The standard InChI is InChI=1S/C8H9BrF6O/c9-5-3-1-2-4-6(16,7(10,11)12)8(13,14)15/h1-2,16H,3-5H2/b2-1+. The van der Waals surface area contributed by atoms with Crippen molar-refractivity contribution in [2.45, 2.75) is 30.8 Å². The fraction of sp³-hybridized carbons (Fsp3) is 0.750. The van der Waals surface area contributed by atoms with E-state index < -0.39 is 24.4 Å². The summed E-state index contributed by atoms with van der Waals surface area (Å²) in [6.45, 7) is 0. The van der Waals surface area contributed by atoms with Gasteiger partial charge in [-0.15, -0.1) is 0 Å². The third kappa shape index (κ3) is 3.65. The van der Waals surface area contributed by atoms with Crippen molar-refractivity contribution in [2.24, 2.45) is 0 Å². The van der Waals surface area contributed by atoms with Crippen molar-refractivity contribution in [1.82, 2.24) is 0 Å². The first-order valence-corrected chi connectivity index (χ1v) is 5.25. The van der Waals surface area contributed by atoms with E-state index in [-0.39, 0.29) is 6.42 Å². The lowest BCUT2D eigenvalue weighted by atomic mass is 9.98. The highest BCUT2D eigenvalue weighted by atomic mass is 79.9. The van der Waals surface area contributed by atoms with Crippen molar-refractivity contribution in [2.75, 3.05) is 5.33 Å². The number of hydrogen-bond donors (Lipinski definition) is 1. The fourth-order valence-corrected chi connectivity index (χ4v) is 1.09. The van der Waals surface area contributed by atoms with Crippen molar-refractivity contribution in [3.05, 3.63) is 12.2 Å². The van der Waals surface area contributed by atoms with Gasteiger partial charge in [0.15, 0.2) is 0 Å². The summed E-state index contributed by atoms with van der Waals surface area (Å²) < 4.78 is 72.6. The lowest BCUT2D eigenvalue weighted by Gasteiger charge is -2.31. The molecule has 0 saturated carbocycles. The normalized spacial score (nSPS) is 14.8. The van der Waals surface area contributed by atoms with E-state index in [1.54, 1.807) is 0 Å². The van der Waals surface area contributed by atoms with Crippen molar-refractivity contribution in [3.63, 3.8) is 0 Å². The van der Waals surface area contributed by atoms with Crippen molar-refractivity contribution >= 4 is 15.9 Å². The number of rotatable bonds is 4. The molecule has 0 fully saturated rings. The number of allylic oxidation sites excluding steroid dienone is 1. The molecule has 0 unspecified atom stereocenters. The summed E-state index contributed by atoms with van der Waals surface area (Å²) in [5.41, 5.74) is -4.68. The summed E-state index contributed by atoms with van der Waals surface area (Å²) in [4.78, 5) is 0. The Balaban J connectivity index is 4.85. The molecule has 0 aliphatic rings. The first-order chi connectivity index (χ1) is 7.06. The van der Waals surface area contributed by atoms with Crippen LogP contribution in [0.25, 0.3) is 0 Å². The van der Waals surface area contributed by atoms with E-state index in [0.717, 1.165) is 6.08 Å². The molecule has 8 heteroatoms. The Kier molecular flexibility index (Phi) is 5.31. The van der Waals surface area contributed by atoms with Gasteiger partial charge in [-0.2, -0.15) is 26.3 Å². The van der Waals surface area contributed by atoms with E-state index in [4.69, 9.17) is 5.11 Å². The average Bonchev–Trinajstić information content (AvgIpc) is 2.08. The minimum absolute atomic E-state index is 0.284. The van der Waals surface area contributed by atoms with Gasteiger partial charge in [0.2, 0.25) is 0 Å². The Bertz CT molecular complexity index is 230. The van der Waals surface area contributed by atoms with Gasteiger partial charge in [0.05, 0.1) is 0 Å². The Hall–Kier alpha value is -0.240. The summed E-state index contributed by atoms with van der Waals surface area (Å²) >= 11 is 2.95. The Morgan fingerprint density at radius 1 is 0.938 bits per heavy atom. The zero-order valence-corrected chi connectivity index (χ0v) is 9.45. The van der Waals surface area contributed by atoms with E-state index in [2.05, 4.69) is 15.9 Å². The topological polar surface area (TPSA) is 20.2 Å². The van der Waals surface area contributed by atoms with Crippen LogP contribution in [-0.4, -0.2) is 28.4 Å². The molecule has 0 aromatic heterocycles. The number of aliphatic hydroxyl groups is 1. The van der Waals surface area contributed by atoms with Crippen LogP contribution in [0.2, 0.25) is 0 Å². The highest BCUT2D eigenvalue weighted by Crippen LogP contribution is 2.45. The second-order valence-electron chi connectivity index (χ2n) is 3.01. The first-order valence-electron chi connectivity index (χ1n) is 4.13. The third-order valence-corrected chi connectivity index (χ3v) is 2.25. The van der Waals surface area contributed by atoms with Gasteiger partial charge in [0, 0.05) is 11.8 Å². The molecule has 16 heavy (non-hydrogen) atoms. The first kappa shape index (κ1) is 15.8. The molecule has 0 heterocycles. The molecule has 0 saturated heterocycles. The van der Waals surface area contributed by atoms with E-state index >= 15 is 0 Å². The minimum Gasteiger partial charge on any atom is -0.373 e. The Morgan fingerprint density at radius 3 is 1.69 bits per heavy atom. The Labute approximate surface area is 96.3 Å². The van der Waals surface area contributed by atoms with Crippen LogP contribution in [0, 0.1) is 0 Å². The monoisotopic (exact) mass is 314 g/mol. The molecule has 0 aromatic rings. The van der Waals surface area contributed by atoms with E-state index in [1.165, 1.54) is 0 Å². The van der Waals surface area contributed by atoms with Crippen LogP contribution in [0.1, 0.15) is 12.8 Å². The molecule has 0 atom stereocenters. The maximum absolute atomic E-state index is 12.1. The molecular formula is C8H9BrF6O. The van der Waals surface area contributed by atoms with Gasteiger partial charge in [-0.25, -0.2) is 0 Å². The van der Waals surface area contributed by atoms with Gasteiger partial charge in [-0.3, -0.25) is 0 Å². The van der Waals surface area contributed by atoms with Gasteiger partial charge in [0.1, 0.15) is 0 Å². The molecule has 96 valence electrons. The highest BCUT2D eigenvalue weighted by Gasteiger charge is 2.69. The third-order valence-electron chi connectivity index (χ3n) is 1.79. The average molecular weight is 315 g/mol. The van der Waals surface area contributed by atoms with Crippen LogP contribution >= 0.6 is 15.9 Å². The molecule has 0 amide bonds. The smallest absolute Gasteiger partial charge is 0.373 e. The van der Waals surface area contributed by atoms with Crippen molar-refractivity contribution < 1.29 is 31.4 Å². The minimum atomic E-state index is -5.75. The van der Waals surface area contributed by atoms with Gasteiger partial charge >= 0.3 is 12.4 Å². The summed E-state index contributed by atoms with van der Waals surface area (Å²) in [7, 11) is 0.